The highest BCUT2D eigenvalue weighted by Gasteiger charge is 2.38. The third-order valence-corrected chi connectivity index (χ3v) is 6.55. The Morgan fingerprint density at radius 3 is 1.88 bits per heavy atom. The number of nitrogens with one attached hydrogen (secondary N) is 2. The van der Waals surface area contributed by atoms with Gasteiger partial charge in [0.05, 0.1) is 12.5 Å². The van der Waals surface area contributed by atoms with Gasteiger partial charge in [-0.2, -0.15) is 0 Å². The van der Waals surface area contributed by atoms with E-state index < -0.39 is 60.2 Å². The Morgan fingerprint density at radius 2 is 1.35 bits per heavy atom. The predicted molar refractivity (Wildman–Crippen MR) is 140 cm³/mol. The number of carboxylic acid groups (broad SMARTS) is 2. The minimum atomic E-state index is -1.58. The normalized spacial score (nSPS) is 16.9. The van der Waals surface area contributed by atoms with Crippen molar-refractivity contribution in [3.8, 4) is 11.5 Å². The second kappa shape index (κ2) is 13.4. The second-order valence-corrected chi connectivity index (χ2v) is 9.60. The van der Waals surface area contributed by atoms with Crippen LogP contribution in [-0.2, 0) is 36.8 Å². The average Bonchev–Trinajstić information content (AvgIpc) is 3.40. The van der Waals surface area contributed by atoms with E-state index in [1.54, 1.807) is 12.1 Å². The van der Waals surface area contributed by atoms with Crippen LogP contribution in [0.1, 0.15) is 30.4 Å². The molecule has 1 heterocycles. The molecule has 0 saturated carbocycles. The van der Waals surface area contributed by atoms with Gasteiger partial charge in [-0.15, -0.1) is 0 Å². The molecule has 4 unspecified atom stereocenters. The standard InChI is InChI=1S/C27H32N4O9/c28-19(12-15-3-7-17(32)8-4-15)24(36)29-20(14-23(34)35)25(37)30-21(13-16-5-9-18(33)10-6-16)26(38)31-11-1-2-22(31)27(39)40/h3-10,19-22,32-33H,1-2,11-14,28H2,(H,29,36)(H,30,37)(H,34,35)(H,39,40). The van der Waals surface area contributed by atoms with Gasteiger partial charge in [0.2, 0.25) is 17.7 Å². The second-order valence-electron chi connectivity index (χ2n) is 9.60. The van der Waals surface area contributed by atoms with Gasteiger partial charge in [0, 0.05) is 13.0 Å². The fourth-order valence-electron chi connectivity index (χ4n) is 4.47. The minimum Gasteiger partial charge on any atom is -0.508 e. The molecule has 0 aromatic heterocycles. The molecule has 0 aliphatic carbocycles. The number of aromatic hydroxyl groups is 2. The number of hydrogen-bond donors (Lipinski definition) is 7. The number of phenolic OH excluding ortho intramolecular Hbond substituents is 2. The first-order valence-corrected chi connectivity index (χ1v) is 12.6. The van der Waals surface area contributed by atoms with E-state index in [1.165, 1.54) is 36.4 Å². The van der Waals surface area contributed by atoms with Crippen LogP contribution in [0.15, 0.2) is 48.5 Å². The van der Waals surface area contributed by atoms with Gasteiger partial charge in [-0.1, -0.05) is 24.3 Å². The van der Waals surface area contributed by atoms with Crippen molar-refractivity contribution in [3.63, 3.8) is 0 Å². The summed E-state index contributed by atoms with van der Waals surface area (Å²) >= 11 is 0. The van der Waals surface area contributed by atoms with Crippen molar-refractivity contribution in [3.05, 3.63) is 59.7 Å². The van der Waals surface area contributed by atoms with Gasteiger partial charge < -0.3 is 41.7 Å². The van der Waals surface area contributed by atoms with Crippen molar-refractivity contribution in [2.45, 2.75) is 56.3 Å². The molecule has 0 radical (unpaired) electrons. The Morgan fingerprint density at radius 1 is 0.825 bits per heavy atom. The molecule has 1 fully saturated rings. The molecule has 8 N–H and O–H groups in total. The number of phenols is 2. The first kappa shape index (κ1) is 29.9. The van der Waals surface area contributed by atoms with Crippen LogP contribution in [0.25, 0.3) is 0 Å². The number of nitrogens with zero attached hydrogens (tertiary/aromatic N) is 1. The van der Waals surface area contributed by atoms with Crippen molar-refractivity contribution in [2.24, 2.45) is 5.73 Å². The number of aliphatic carboxylic acids is 2. The van der Waals surface area contributed by atoms with Gasteiger partial charge in [0.25, 0.3) is 0 Å². The lowest BCUT2D eigenvalue weighted by atomic mass is 10.0. The van der Waals surface area contributed by atoms with Gasteiger partial charge in [0.15, 0.2) is 0 Å². The molecule has 40 heavy (non-hydrogen) atoms. The average molecular weight is 557 g/mol. The number of carbonyl (C=O) groups excluding carboxylic acids is 3. The number of carboxylic acids is 2. The third kappa shape index (κ3) is 8.17. The molecule has 2 aromatic rings. The fourth-order valence-corrected chi connectivity index (χ4v) is 4.47. The first-order chi connectivity index (χ1) is 18.9. The number of rotatable bonds is 12. The maximum atomic E-state index is 13.4. The van der Waals surface area contributed by atoms with E-state index in [4.69, 9.17) is 5.73 Å². The van der Waals surface area contributed by atoms with E-state index >= 15 is 0 Å². The number of nitrogens with two attached hydrogens (primary N) is 1. The number of hydrogen-bond acceptors (Lipinski definition) is 8. The third-order valence-electron chi connectivity index (χ3n) is 6.55. The van der Waals surface area contributed by atoms with Crippen LogP contribution in [0.5, 0.6) is 11.5 Å². The predicted octanol–water partition coefficient (Wildman–Crippen LogP) is -0.270. The van der Waals surface area contributed by atoms with Crippen molar-refractivity contribution >= 4 is 29.7 Å². The van der Waals surface area contributed by atoms with Crippen LogP contribution in [0.3, 0.4) is 0 Å². The summed E-state index contributed by atoms with van der Waals surface area (Å²) in [4.78, 5) is 63.8. The number of benzene rings is 2. The van der Waals surface area contributed by atoms with E-state index in [0.717, 1.165) is 4.90 Å². The zero-order valence-electron chi connectivity index (χ0n) is 21.5. The van der Waals surface area contributed by atoms with Crippen LogP contribution in [0, 0.1) is 0 Å². The van der Waals surface area contributed by atoms with Crippen LogP contribution in [0.2, 0.25) is 0 Å². The van der Waals surface area contributed by atoms with E-state index in [0.29, 0.717) is 17.5 Å². The zero-order chi connectivity index (χ0) is 29.4. The van der Waals surface area contributed by atoms with Crippen molar-refractivity contribution in [1.29, 1.82) is 0 Å². The summed E-state index contributed by atoms with van der Waals surface area (Å²) in [5.74, 6) is -5.00. The smallest absolute Gasteiger partial charge is 0.326 e. The van der Waals surface area contributed by atoms with Crippen LogP contribution in [0.4, 0.5) is 0 Å². The summed E-state index contributed by atoms with van der Waals surface area (Å²) in [6, 6.07) is 6.70. The number of likely N-dealkylation sites (tertiary alicyclic amines) is 1. The molecular weight excluding hydrogens is 524 g/mol. The molecule has 13 nitrogen and oxygen atoms in total. The lowest BCUT2D eigenvalue weighted by molar-refractivity contribution is -0.149. The van der Waals surface area contributed by atoms with E-state index in [2.05, 4.69) is 10.6 Å². The Labute approximate surface area is 229 Å². The monoisotopic (exact) mass is 556 g/mol. The maximum absolute atomic E-state index is 13.4. The zero-order valence-corrected chi connectivity index (χ0v) is 21.5. The topological polar surface area (TPSA) is 220 Å². The van der Waals surface area contributed by atoms with Crippen LogP contribution in [-0.4, -0.2) is 85.7 Å². The summed E-state index contributed by atoms with van der Waals surface area (Å²) in [6.07, 6.45) is -0.134. The van der Waals surface area contributed by atoms with Crippen molar-refractivity contribution in [1.82, 2.24) is 15.5 Å². The van der Waals surface area contributed by atoms with Gasteiger partial charge >= 0.3 is 11.9 Å². The molecule has 2 aromatic carbocycles. The Bertz CT molecular complexity index is 1230. The van der Waals surface area contributed by atoms with Crippen molar-refractivity contribution in [2.75, 3.05) is 6.54 Å². The lowest BCUT2D eigenvalue weighted by Crippen LogP contribution is -2.58. The first-order valence-electron chi connectivity index (χ1n) is 12.6. The molecule has 3 rings (SSSR count). The molecule has 3 amide bonds. The van der Waals surface area contributed by atoms with E-state index in [-0.39, 0.29) is 37.3 Å². The number of carbonyl (C=O) groups is 5. The number of amides is 3. The van der Waals surface area contributed by atoms with Gasteiger partial charge in [0.1, 0.15) is 29.6 Å². The highest BCUT2D eigenvalue weighted by Crippen LogP contribution is 2.20. The van der Waals surface area contributed by atoms with Crippen LogP contribution >= 0.6 is 0 Å². The maximum Gasteiger partial charge on any atom is 0.326 e. The lowest BCUT2D eigenvalue weighted by Gasteiger charge is -2.29. The summed E-state index contributed by atoms with van der Waals surface area (Å²) < 4.78 is 0. The summed E-state index contributed by atoms with van der Waals surface area (Å²) in [7, 11) is 0. The molecular formula is C27H32N4O9. The summed E-state index contributed by atoms with van der Waals surface area (Å²) in [5.41, 5.74) is 7.13. The fraction of sp³-hybridized carbons (Fsp3) is 0.370. The molecule has 4 atom stereocenters. The Kier molecular flexibility index (Phi) is 10.0. The van der Waals surface area contributed by atoms with Gasteiger partial charge in [-0.05, 0) is 54.7 Å². The molecule has 13 heteroatoms. The largest absolute Gasteiger partial charge is 0.508 e. The summed E-state index contributed by atoms with van der Waals surface area (Å²) in [6.45, 7) is 0.166. The molecule has 0 bridgehead atoms. The van der Waals surface area contributed by atoms with Crippen molar-refractivity contribution < 1.29 is 44.4 Å². The molecule has 1 saturated heterocycles. The molecule has 0 spiro atoms. The molecule has 1 aliphatic heterocycles. The minimum absolute atomic E-state index is 0.0194. The molecule has 1 aliphatic rings. The quantitative estimate of drug-likeness (QED) is 0.181. The Balaban J connectivity index is 1.78. The van der Waals surface area contributed by atoms with Gasteiger partial charge in [-0.25, -0.2) is 4.79 Å². The molecule has 214 valence electrons. The van der Waals surface area contributed by atoms with Crippen LogP contribution < -0.4 is 16.4 Å². The Hall–Kier alpha value is -4.65. The van der Waals surface area contributed by atoms with E-state index in [1.807, 2.05) is 0 Å². The van der Waals surface area contributed by atoms with Gasteiger partial charge in [-0.3, -0.25) is 19.2 Å². The SMILES string of the molecule is NC(Cc1ccc(O)cc1)C(=O)NC(CC(=O)O)C(=O)NC(Cc1ccc(O)cc1)C(=O)N1CCCC1C(=O)O. The highest BCUT2D eigenvalue weighted by atomic mass is 16.4. The van der Waals surface area contributed by atoms with E-state index in [9.17, 15) is 44.4 Å². The summed E-state index contributed by atoms with van der Waals surface area (Å²) in [5, 5.41) is 42.7. The highest BCUT2D eigenvalue weighted by molar-refractivity contribution is 5.96.